The van der Waals surface area contributed by atoms with Gasteiger partial charge in [0.2, 0.25) is 0 Å². The third-order valence-corrected chi connectivity index (χ3v) is 1.96. The van der Waals surface area contributed by atoms with E-state index in [4.69, 9.17) is 11.5 Å². The van der Waals surface area contributed by atoms with Crippen molar-refractivity contribution in [1.29, 1.82) is 0 Å². The maximum Gasteiger partial charge on any atom is 0.0549 e. The maximum atomic E-state index is 5.93. The van der Waals surface area contributed by atoms with Crippen molar-refractivity contribution < 1.29 is 0 Å². The van der Waals surface area contributed by atoms with Crippen LogP contribution in [-0.2, 0) is 0 Å². The van der Waals surface area contributed by atoms with Gasteiger partial charge in [-0.25, -0.2) is 0 Å². The van der Waals surface area contributed by atoms with Crippen molar-refractivity contribution in [2.45, 2.75) is 19.9 Å². The number of rotatable bonds is 2. The fraction of sp³-hybridized carbons (Fsp3) is 0.444. The molecule has 1 aromatic rings. The minimum atomic E-state index is 0.00741. The van der Waals surface area contributed by atoms with Gasteiger partial charge < -0.3 is 11.5 Å². The predicted octanol–water partition coefficient (Wildman–Crippen LogP) is 1.32. The zero-order chi connectivity index (χ0) is 9.14. The minimum Gasteiger partial charge on any atom is -0.397 e. The van der Waals surface area contributed by atoms with Gasteiger partial charge in [0, 0.05) is 12.2 Å². The SMILES string of the molecule is CC(C)C(N)c1ccncc1N. The Morgan fingerprint density at radius 1 is 1.42 bits per heavy atom. The molecule has 1 rings (SSSR count). The summed E-state index contributed by atoms with van der Waals surface area (Å²) in [6.07, 6.45) is 3.35. The van der Waals surface area contributed by atoms with Gasteiger partial charge in [0.25, 0.3) is 0 Å². The monoisotopic (exact) mass is 165 g/mol. The van der Waals surface area contributed by atoms with Gasteiger partial charge >= 0.3 is 0 Å². The molecule has 0 radical (unpaired) electrons. The topological polar surface area (TPSA) is 64.9 Å². The van der Waals surface area contributed by atoms with Crippen LogP contribution in [0.25, 0.3) is 0 Å². The molecule has 0 bridgehead atoms. The molecule has 0 saturated carbocycles. The van der Waals surface area contributed by atoms with Gasteiger partial charge in [-0.2, -0.15) is 0 Å². The summed E-state index contributed by atoms with van der Waals surface area (Å²) in [4.78, 5) is 3.91. The van der Waals surface area contributed by atoms with Crippen molar-refractivity contribution in [1.82, 2.24) is 4.98 Å². The Labute approximate surface area is 72.8 Å². The van der Waals surface area contributed by atoms with Gasteiger partial charge in [-0.05, 0) is 17.5 Å². The highest BCUT2D eigenvalue weighted by Crippen LogP contribution is 2.22. The number of pyridine rings is 1. The fourth-order valence-electron chi connectivity index (χ4n) is 1.08. The first-order valence-electron chi connectivity index (χ1n) is 4.08. The molecule has 0 aliphatic rings. The van der Waals surface area contributed by atoms with Crippen LogP contribution in [0.15, 0.2) is 18.5 Å². The summed E-state index contributed by atoms with van der Waals surface area (Å²) in [6.45, 7) is 4.15. The first-order valence-corrected chi connectivity index (χ1v) is 4.08. The average Bonchev–Trinajstić information content (AvgIpc) is 2.04. The Kier molecular flexibility index (Phi) is 2.65. The summed E-state index contributed by atoms with van der Waals surface area (Å²) in [6, 6.07) is 1.88. The van der Waals surface area contributed by atoms with E-state index in [-0.39, 0.29) is 6.04 Å². The molecule has 12 heavy (non-hydrogen) atoms. The second-order valence-electron chi connectivity index (χ2n) is 3.27. The van der Waals surface area contributed by atoms with Crippen LogP contribution in [0.1, 0.15) is 25.5 Å². The molecule has 66 valence electrons. The van der Waals surface area contributed by atoms with E-state index in [0.717, 1.165) is 5.56 Å². The average molecular weight is 165 g/mol. The molecule has 0 aromatic carbocycles. The molecular formula is C9H15N3. The molecule has 3 heteroatoms. The molecule has 1 atom stereocenters. The minimum absolute atomic E-state index is 0.00741. The van der Waals surface area contributed by atoms with Crippen LogP contribution >= 0.6 is 0 Å². The van der Waals surface area contributed by atoms with Crippen molar-refractivity contribution in [3.8, 4) is 0 Å². The number of anilines is 1. The molecule has 3 nitrogen and oxygen atoms in total. The van der Waals surface area contributed by atoms with Crippen molar-refractivity contribution in [2.75, 3.05) is 5.73 Å². The lowest BCUT2D eigenvalue weighted by Gasteiger charge is -2.17. The van der Waals surface area contributed by atoms with Crippen LogP contribution in [0.5, 0.6) is 0 Å². The standard InChI is InChI=1S/C9H15N3/c1-6(2)9(11)7-3-4-12-5-8(7)10/h3-6,9H,10-11H2,1-2H3. The van der Waals surface area contributed by atoms with Crippen LogP contribution in [-0.4, -0.2) is 4.98 Å². The van der Waals surface area contributed by atoms with Crippen LogP contribution in [0.2, 0.25) is 0 Å². The first-order chi connectivity index (χ1) is 5.63. The molecule has 1 unspecified atom stereocenters. The molecule has 0 amide bonds. The van der Waals surface area contributed by atoms with Crippen molar-refractivity contribution in [3.63, 3.8) is 0 Å². The number of hydrogen-bond donors (Lipinski definition) is 2. The van der Waals surface area contributed by atoms with Gasteiger partial charge in [0.15, 0.2) is 0 Å². The molecular weight excluding hydrogens is 150 g/mol. The Bertz CT molecular complexity index is 258. The summed E-state index contributed by atoms with van der Waals surface area (Å²) in [5, 5.41) is 0. The number of aromatic nitrogens is 1. The summed E-state index contributed by atoms with van der Waals surface area (Å²) in [7, 11) is 0. The lowest BCUT2D eigenvalue weighted by Crippen LogP contribution is -2.18. The lowest BCUT2D eigenvalue weighted by atomic mass is 9.97. The van der Waals surface area contributed by atoms with Crippen molar-refractivity contribution in [3.05, 3.63) is 24.0 Å². The van der Waals surface area contributed by atoms with E-state index >= 15 is 0 Å². The smallest absolute Gasteiger partial charge is 0.0549 e. The number of nitrogen functional groups attached to an aromatic ring is 1. The molecule has 0 fully saturated rings. The van der Waals surface area contributed by atoms with E-state index in [9.17, 15) is 0 Å². The van der Waals surface area contributed by atoms with Crippen LogP contribution in [0, 0.1) is 5.92 Å². The fourth-order valence-corrected chi connectivity index (χ4v) is 1.08. The summed E-state index contributed by atoms with van der Waals surface area (Å²) in [5.41, 5.74) is 13.3. The third-order valence-electron chi connectivity index (χ3n) is 1.96. The molecule has 1 aromatic heterocycles. The molecule has 0 spiro atoms. The largest absolute Gasteiger partial charge is 0.397 e. The molecule has 0 saturated heterocycles. The van der Waals surface area contributed by atoms with Crippen LogP contribution in [0.3, 0.4) is 0 Å². The number of nitrogens with two attached hydrogens (primary N) is 2. The highest BCUT2D eigenvalue weighted by atomic mass is 14.7. The third kappa shape index (κ3) is 1.74. The molecule has 0 aliphatic heterocycles. The molecule has 0 aliphatic carbocycles. The van der Waals surface area contributed by atoms with Gasteiger partial charge in [-0.15, -0.1) is 0 Å². The van der Waals surface area contributed by atoms with Gasteiger partial charge in [-0.3, -0.25) is 4.98 Å². The summed E-state index contributed by atoms with van der Waals surface area (Å²) < 4.78 is 0. The van der Waals surface area contributed by atoms with Gasteiger partial charge in [0.05, 0.1) is 11.9 Å². The molecule has 1 heterocycles. The summed E-state index contributed by atoms with van der Waals surface area (Å²) >= 11 is 0. The normalized spacial score (nSPS) is 13.3. The first kappa shape index (κ1) is 9.00. The number of nitrogens with zero attached hydrogens (tertiary/aromatic N) is 1. The van der Waals surface area contributed by atoms with E-state index in [1.165, 1.54) is 0 Å². The van der Waals surface area contributed by atoms with Crippen LogP contribution in [0.4, 0.5) is 5.69 Å². The Morgan fingerprint density at radius 2 is 2.08 bits per heavy atom. The lowest BCUT2D eigenvalue weighted by molar-refractivity contribution is 0.515. The van der Waals surface area contributed by atoms with E-state index < -0.39 is 0 Å². The quantitative estimate of drug-likeness (QED) is 0.694. The Morgan fingerprint density at radius 3 is 2.58 bits per heavy atom. The Balaban J connectivity index is 2.94. The Hall–Kier alpha value is -1.09. The van der Waals surface area contributed by atoms with E-state index in [1.54, 1.807) is 12.4 Å². The van der Waals surface area contributed by atoms with E-state index in [1.807, 2.05) is 6.07 Å². The van der Waals surface area contributed by atoms with Crippen molar-refractivity contribution in [2.24, 2.45) is 11.7 Å². The highest BCUT2D eigenvalue weighted by Gasteiger charge is 2.12. The van der Waals surface area contributed by atoms with E-state index in [0.29, 0.717) is 11.6 Å². The second kappa shape index (κ2) is 3.54. The predicted molar refractivity (Wildman–Crippen MR) is 50.4 cm³/mol. The van der Waals surface area contributed by atoms with Crippen LogP contribution < -0.4 is 11.5 Å². The molecule has 4 N–H and O–H groups in total. The summed E-state index contributed by atoms with van der Waals surface area (Å²) in [5.74, 6) is 0.398. The second-order valence-corrected chi connectivity index (χ2v) is 3.27. The maximum absolute atomic E-state index is 5.93. The van der Waals surface area contributed by atoms with E-state index in [2.05, 4.69) is 18.8 Å². The number of hydrogen-bond acceptors (Lipinski definition) is 3. The van der Waals surface area contributed by atoms with Gasteiger partial charge in [0.1, 0.15) is 0 Å². The zero-order valence-electron chi connectivity index (χ0n) is 7.49. The van der Waals surface area contributed by atoms with Gasteiger partial charge in [-0.1, -0.05) is 13.8 Å². The highest BCUT2D eigenvalue weighted by molar-refractivity contribution is 5.45. The zero-order valence-corrected chi connectivity index (χ0v) is 7.49. The van der Waals surface area contributed by atoms with Crippen molar-refractivity contribution >= 4 is 5.69 Å².